The van der Waals surface area contributed by atoms with E-state index in [2.05, 4.69) is 13.8 Å². The number of benzene rings is 1. The maximum absolute atomic E-state index is 12.8. The van der Waals surface area contributed by atoms with E-state index in [9.17, 15) is 4.39 Å². The maximum atomic E-state index is 12.8. The Morgan fingerprint density at radius 2 is 1.76 bits per heavy atom. The van der Waals surface area contributed by atoms with E-state index >= 15 is 0 Å². The van der Waals surface area contributed by atoms with Crippen molar-refractivity contribution < 1.29 is 9.13 Å². The lowest BCUT2D eigenvalue weighted by molar-refractivity contribution is 0.0321. The van der Waals surface area contributed by atoms with Crippen LogP contribution in [0.3, 0.4) is 0 Å². The molecule has 0 radical (unpaired) electrons. The molecule has 0 aliphatic carbocycles. The molecule has 0 aromatic heterocycles. The SMILES string of the molecule is CC(C)CCOC(c1ccc(F)cc1)C(C)N. The minimum Gasteiger partial charge on any atom is -0.372 e. The van der Waals surface area contributed by atoms with Crippen LogP contribution in [0.15, 0.2) is 24.3 Å². The van der Waals surface area contributed by atoms with Crippen LogP contribution in [0.25, 0.3) is 0 Å². The Hall–Kier alpha value is -0.930. The Balaban J connectivity index is 2.62. The van der Waals surface area contributed by atoms with Gasteiger partial charge < -0.3 is 10.5 Å². The van der Waals surface area contributed by atoms with Gasteiger partial charge in [-0.3, -0.25) is 0 Å². The maximum Gasteiger partial charge on any atom is 0.123 e. The van der Waals surface area contributed by atoms with Crippen LogP contribution in [-0.4, -0.2) is 12.6 Å². The Labute approximate surface area is 103 Å². The zero-order valence-corrected chi connectivity index (χ0v) is 10.8. The summed E-state index contributed by atoms with van der Waals surface area (Å²) < 4.78 is 18.6. The summed E-state index contributed by atoms with van der Waals surface area (Å²) in [7, 11) is 0. The van der Waals surface area contributed by atoms with Gasteiger partial charge in [-0.05, 0) is 37.0 Å². The molecule has 0 amide bonds. The zero-order valence-electron chi connectivity index (χ0n) is 10.8. The predicted molar refractivity (Wildman–Crippen MR) is 68.2 cm³/mol. The van der Waals surface area contributed by atoms with E-state index in [0.717, 1.165) is 12.0 Å². The fourth-order valence-corrected chi connectivity index (χ4v) is 1.63. The summed E-state index contributed by atoms with van der Waals surface area (Å²) in [6.07, 6.45) is 0.846. The third-order valence-electron chi connectivity index (χ3n) is 2.67. The fourth-order valence-electron chi connectivity index (χ4n) is 1.63. The van der Waals surface area contributed by atoms with Crippen molar-refractivity contribution in [3.05, 3.63) is 35.6 Å². The van der Waals surface area contributed by atoms with Crippen molar-refractivity contribution in [2.75, 3.05) is 6.61 Å². The number of ether oxygens (including phenoxy) is 1. The summed E-state index contributed by atoms with van der Waals surface area (Å²) in [5.41, 5.74) is 6.84. The highest BCUT2D eigenvalue weighted by Gasteiger charge is 2.16. The van der Waals surface area contributed by atoms with E-state index in [-0.39, 0.29) is 18.0 Å². The first-order valence-electron chi connectivity index (χ1n) is 6.13. The van der Waals surface area contributed by atoms with Crippen LogP contribution in [0.4, 0.5) is 4.39 Å². The third-order valence-corrected chi connectivity index (χ3v) is 2.67. The van der Waals surface area contributed by atoms with E-state index in [1.165, 1.54) is 12.1 Å². The van der Waals surface area contributed by atoms with Crippen LogP contribution >= 0.6 is 0 Å². The molecule has 1 rings (SSSR count). The van der Waals surface area contributed by atoms with Gasteiger partial charge in [0, 0.05) is 12.6 Å². The molecule has 0 fully saturated rings. The van der Waals surface area contributed by atoms with Gasteiger partial charge in [0.05, 0.1) is 6.10 Å². The van der Waals surface area contributed by atoms with Gasteiger partial charge >= 0.3 is 0 Å². The Morgan fingerprint density at radius 1 is 1.18 bits per heavy atom. The number of hydrogen-bond acceptors (Lipinski definition) is 2. The normalized spacial score (nSPS) is 14.9. The van der Waals surface area contributed by atoms with Gasteiger partial charge in [0.2, 0.25) is 0 Å². The van der Waals surface area contributed by atoms with Gasteiger partial charge in [-0.25, -0.2) is 4.39 Å². The quantitative estimate of drug-likeness (QED) is 0.826. The summed E-state index contributed by atoms with van der Waals surface area (Å²) in [4.78, 5) is 0. The van der Waals surface area contributed by atoms with Crippen molar-refractivity contribution in [2.24, 2.45) is 11.7 Å². The molecule has 2 N–H and O–H groups in total. The van der Waals surface area contributed by atoms with Crippen molar-refractivity contribution in [3.63, 3.8) is 0 Å². The number of nitrogens with two attached hydrogens (primary N) is 1. The fraction of sp³-hybridized carbons (Fsp3) is 0.571. The Kier molecular flexibility index (Phi) is 5.59. The molecule has 0 spiro atoms. The van der Waals surface area contributed by atoms with Gasteiger partial charge in [-0.2, -0.15) is 0 Å². The molecule has 0 aliphatic heterocycles. The third kappa shape index (κ3) is 4.84. The van der Waals surface area contributed by atoms with Gasteiger partial charge in [-0.1, -0.05) is 26.0 Å². The summed E-state index contributed by atoms with van der Waals surface area (Å²) in [6.45, 7) is 6.90. The Bertz CT molecular complexity index is 321. The van der Waals surface area contributed by atoms with Crippen molar-refractivity contribution in [1.82, 2.24) is 0 Å². The van der Waals surface area contributed by atoms with E-state index in [0.29, 0.717) is 12.5 Å². The van der Waals surface area contributed by atoms with Crippen LogP contribution in [0.1, 0.15) is 38.9 Å². The molecule has 0 saturated carbocycles. The van der Waals surface area contributed by atoms with Crippen LogP contribution in [0.5, 0.6) is 0 Å². The highest BCUT2D eigenvalue weighted by Crippen LogP contribution is 2.21. The highest BCUT2D eigenvalue weighted by atomic mass is 19.1. The molecule has 96 valence electrons. The topological polar surface area (TPSA) is 35.2 Å². The molecule has 0 bridgehead atoms. The van der Waals surface area contributed by atoms with E-state index in [4.69, 9.17) is 10.5 Å². The van der Waals surface area contributed by atoms with Gasteiger partial charge in [0.15, 0.2) is 0 Å². The minimum atomic E-state index is -0.237. The van der Waals surface area contributed by atoms with Crippen molar-refractivity contribution in [1.29, 1.82) is 0 Å². The number of hydrogen-bond donors (Lipinski definition) is 1. The summed E-state index contributed by atoms with van der Waals surface area (Å²) >= 11 is 0. The lowest BCUT2D eigenvalue weighted by Crippen LogP contribution is -2.27. The van der Waals surface area contributed by atoms with Crippen LogP contribution < -0.4 is 5.73 Å². The summed E-state index contributed by atoms with van der Waals surface area (Å²) in [6, 6.07) is 6.25. The average Bonchev–Trinajstić information content (AvgIpc) is 2.25. The molecule has 1 aromatic carbocycles. The van der Waals surface area contributed by atoms with Crippen molar-refractivity contribution in [2.45, 2.75) is 39.3 Å². The first-order chi connectivity index (χ1) is 8.00. The smallest absolute Gasteiger partial charge is 0.123 e. The molecular weight excluding hydrogens is 217 g/mol. The standard InChI is InChI=1S/C14H22FNO/c1-10(2)8-9-17-14(11(3)16)12-4-6-13(15)7-5-12/h4-7,10-11,14H,8-9,16H2,1-3H3. The molecule has 17 heavy (non-hydrogen) atoms. The van der Waals surface area contributed by atoms with Gasteiger partial charge in [-0.15, -0.1) is 0 Å². The van der Waals surface area contributed by atoms with Gasteiger partial charge in [0.25, 0.3) is 0 Å². The molecule has 0 heterocycles. The molecule has 1 aromatic rings. The van der Waals surface area contributed by atoms with Crippen LogP contribution in [-0.2, 0) is 4.74 Å². The molecule has 2 unspecified atom stereocenters. The molecule has 3 heteroatoms. The first-order valence-corrected chi connectivity index (χ1v) is 6.13. The summed E-state index contributed by atoms with van der Waals surface area (Å²) in [5, 5.41) is 0. The molecule has 0 saturated heterocycles. The Morgan fingerprint density at radius 3 is 2.24 bits per heavy atom. The monoisotopic (exact) mass is 239 g/mol. The number of rotatable bonds is 6. The van der Waals surface area contributed by atoms with Crippen molar-refractivity contribution in [3.8, 4) is 0 Å². The second-order valence-corrected chi connectivity index (χ2v) is 4.88. The average molecular weight is 239 g/mol. The van der Waals surface area contributed by atoms with Crippen LogP contribution in [0, 0.1) is 11.7 Å². The zero-order chi connectivity index (χ0) is 12.8. The predicted octanol–water partition coefficient (Wildman–Crippen LogP) is 3.28. The minimum absolute atomic E-state index is 0.104. The number of halogens is 1. The summed E-state index contributed by atoms with van der Waals surface area (Å²) in [5.74, 6) is 0.372. The lowest BCUT2D eigenvalue weighted by atomic mass is 10.0. The largest absolute Gasteiger partial charge is 0.372 e. The lowest BCUT2D eigenvalue weighted by Gasteiger charge is -2.22. The van der Waals surface area contributed by atoms with Gasteiger partial charge in [0.1, 0.15) is 5.82 Å². The molecule has 2 atom stereocenters. The van der Waals surface area contributed by atoms with Crippen molar-refractivity contribution >= 4 is 0 Å². The van der Waals surface area contributed by atoms with Crippen LogP contribution in [0.2, 0.25) is 0 Å². The van der Waals surface area contributed by atoms with E-state index in [1.54, 1.807) is 12.1 Å². The van der Waals surface area contributed by atoms with E-state index in [1.807, 2.05) is 6.92 Å². The second-order valence-electron chi connectivity index (χ2n) is 4.88. The van der Waals surface area contributed by atoms with E-state index < -0.39 is 0 Å². The molecule has 0 aliphatic rings. The highest BCUT2D eigenvalue weighted by molar-refractivity contribution is 5.19. The molecule has 2 nitrogen and oxygen atoms in total. The molecular formula is C14H22FNO. The second kappa shape index (κ2) is 6.72. The first kappa shape index (κ1) is 14.1.